The van der Waals surface area contributed by atoms with Crippen LogP contribution in [0.15, 0.2) is 0 Å². The maximum Gasteiger partial charge on any atom is 0.0147 e. The van der Waals surface area contributed by atoms with Crippen LogP contribution in [-0.4, -0.2) is 24.6 Å². The lowest BCUT2D eigenvalue weighted by Gasteiger charge is -2.29. The molecule has 0 saturated carbocycles. The third kappa shape index (κ3) is 4.37. The minimum atomic E-state index is 0.947. The summed E-state index contributed by atoms with van der Waals surface area (Å²) in [5.74, 6) is 0.947. The Morgan fingerprint density at radius 3 is 2.69 bits per heavy atom. The molecule has 4 nitrogen and oxygen atoms in total. The summed E-state index contributed by atoms with van der Waals surface area (Å²) in [6.45, 7) is 3.41. The fraction of sp³-hybridized carbons (Fsp3) is 1.00. The maximum atomic E-state index is 3.27. The van der Waals surface area contributed by atoms with Crippen LogP contribution in [0.25, 0.3) is 0 Å². The lowest BCUT2D eigenvalue weighted by atomic mass is 9.92. The molecule has 2 unspecified atom stereocenters. The van der Waals surface area contributed by atoms with Gasteiger partial charge < -0.3 is 0 Å². The van der Waals surface area contributed by atoms with E-state index in [0.29, 0.717) is 0 Å². The van der Waals surface area contributed by atoms with E-state index in [-0.39, 0.29) is 0 Å². The minimum Gasteiger partial charge on any atom is -0.243 e. The summed E-state index contributed by atoms with van der Waals surface area (Å²) in [5, 5.41) is 2.33. The highest BCUT2D eigenvalue weighted by Crippen LogP contribution is 2.21. The van der Waals surface area contributed by atoms with Gasteiger partial charge in [-0.2, -0.15) is 11.1 Å². The number of hydrogen-bond acceptors (Lipinski definition) is 4. The monoisotopic (exact) mass is 226 g/mol. The second-order valence-corrected chi connectivity index (χ2v) is 5.15. The minimum absolute atomic E-state index is 0.947. The number of hydrogen-bond donors (Lipinski definition) is 3. The van der Waals surface area contributed by atoms with Crippen LogP contribution in [0.2, 0.25) is 0 Å². The molecule has 2 saturated heterocycles. The Morgan fingerprint density at radius 1 is 0.812 bits per heavy atom. The molecule has 0 aromatic heterocycles. The Hall–Kier alpha value is -0.160. The standard InChI is InChI=1S/C12H26N4/c1-2-4-10-16-11-8-12(6-3-1)7-5-9-13-14-15-16/h12-15H,1-11H2. The van der Waals surface area contributed by atoms with Crippen molar-refractivity contribution in [3.05, 3.63) is 0 Å². The number of nitrogens with zero attached hydrogens (tertiary/aromatic N) is 1. The molecule has 2 heterocycles. The van der Waals surface area contributed by atoms with Crippen molar-refractivity contribution in [1.82, 2.24) is 21.5 Å². The van der Waals surface area contributed by atoms with Crippen molar-refractivity contribution >= 4 is 0 Å². The van der Waals surface area contributed by atoms with Crippen molar-refractivity contribution in [2.75, 3.05) is 19.6 Å². The topological polar surface area (TPSA) is 39.3 Å². The van der Waals surface area contributed by atoms with Gasteiger partial charge in [0.25, 0.3) is 0 Å². The van der Waals surface area contributed by atoms with Crippen LogP contribution in [0.3, 0.4) is 0 Å². The first-order valence-electron chi connectivity index (χ1n) is 6.93. The fourth-order valence-corrected chi connectivity index (χ4v) is 2.74. The van der Waals surface area contributed by atoms with Gasteiger partial charge in [0.1, 0.15) is 0 Å². The van der Waals surface area contributed by atoms with Crippen molar-refractivity contribution in [2.45, 2.75) is 51.4 Å². The second-order valence-electron chi connectivity index (χ2n) is 5.15. The van der Waals surface area contributed by atoms with Gasteiger partial charge in [-0.05, 0) is 31.6 Å². The van der Waals surface area contributed by atoms with E-state index in [1.165, 1.54) is 64.5 Å². The first-order valence-corrected chi connectivity index (χ1v) is 6.93. The molecule has 16 heavy (non-hydrogen) atoms. The van der Waals surface area contributed by atoms with Gasteiger partial charge in [0.2, 0.25) is 0 Å². The fourth-order valence-electron chi connectivity index (χ4n) is 2.74. The maximum absolute atomic E-state index is 3.27. The van der Waals surface area contributed by atoms with E-state index >= 15 is 0 Å². The number of fused-ring (bicyclic) bond motifs is 3. The van der Waals surface area contributed by atoms with Crippen molar-refractivity contribution in [3.63, 3.8) is 0 Å². The zero-order valence-corrected chi connectivity index (χ0v) is 10.3. The average molecular weight is 226 g/mol. The molecule has 2 aliphatic rings. The second kappa shape index (κ2) is 7.22. The smallest absolute Gasteiger partial charge is 0.0147 e. The Kier molecular flexibility index (Phi) is 5.55. The van der Waals surface area contributed by atoms with Crippen LogP contribution in [0.1, 0.15) is 51.4 Å². The highest BCUT2D eigenvalue weighted by atomic mass is 15.8. The molecule has 2 rings (SSSR count). The first-order chi connectivity index (χ1) is 7.95. The van der Waals surface area contributed by atoms with Crippen molar-refractivity contribution < 1.29 is 0 Å². The van der Waals surface area contributed by atoms with Crippen LogP contribution in [-0.2, 0) is 0 Å². The summed E-state index contributed by atoms with van der Waals surface area (Å²) < 4.78 is 0. The zero-order valence-electron chi connectivity index (χ0n) is 10.3. The largest absolute Gasteiger partial charge is 0.243 e. The van der Waals surface area contributed by atoms with Gasteiger partial charge in [-0.15, -0.1) is 0 Å². The Balaban J connectivity index is 1.88. The van der Waals surface area contributed by atoms with Crippen molar-refractivity contribution in [1.29, 1.82) is 0 Å². The van der Waals surface area contributed by atoms with Gasteiger partial charge in [-0.25, -0.2) is 10.4 Å². The molecule has 4 heteroatoms. The Morgan fingerprint density at radius 2 is 1.69 bits per heavy atom. The number of rotatable bonds is 0. The zero-order chi connectivity index (χ0) is 11.1. The summed E-state index contributed by atoms with van der Waals surface area (Å²) in [6.07, 6.45) is 11.1. The van der Waals surface area contributed by atoms with E-state index in [1.807, 2.05) is 0 Å². The molecular formula is C12H26N4. The van der Waals surface area contributed by atoms with Crippen molar-refractivity contribution in [3.8, 4) is 0 Å². The van der Waals surface area contributed by atoms with E-state index in [4.69, 9.17) is 0 Å². The number of nitrogens with one attached hydrogen (secondary N) is 3. The van der Waals surface area contributed by atoms with Gasteiger partial charge in [0.05, 0.1) is 0 Å². The summed E-state index contributed by atoms with van der Waals surface area (Å²) >= 11 is 0. The third-order valence-electron chi connectivity index (χ3n) is 3.81. The summed E-state index contributed by atoms with van der Waals surface area (Å²) in [5.41, 5.74) is 9.58. The van der Waals surface area contributed by atoms with Gasteiger partial charge in [0.15, 0.2) is 0 Å². The van der Waals surface area contributed by atoms with Crippen LogP contribution < -0.4 is 16.5 Å². The normalized spacial score (nSPS) is 34.5. The molecule has 2 aliphatic heterocycles. The average Bonchev–Trinajstić information content (AvgIpc) is 2.33. The molecule has 2 fully saturated rings. The van der Waals surface area contributed by atoms with Crippen LogP contribution in [0.4, 0.5) is 0 Å². The molecule has 2 bridgehead atoms. The highest BCUT2D eigenvalue weighted by molar-refractivity contribution is 4.66. The summed E-state index contributed by atoms with van der Waals surface area (Å²) in [7, 11) is 0. The van der Waals surface area contributed by atoms with Gasteiger partial charge in [-0.3, -0.25) is 0 Å². The van der Waals surface area contributed by atoms with E-state index in [1.54, 1.807) is 0 Å². The SMILES string of the molecule is C1CCCN2CCC(CC1)CCCNNN2. The van der Waals surface area contributed by atoms with E-state index < -0.39 is 0 Å². The molecule has 0 amide bonds. The quantitative estimate of drug-likeness (QED) is 0.586. The highest BCUT2D eigenvalue weighted by Gasteiger charge is 2.14. The molecule has 3 N–H and O–H groups in total. The Bertz CT molecular complexity index is 150. The van der Waals surface area contributed by atoms with Gasteiger partial charge in [0, 0.05) is 19.6 Å². The molecule has 2 atom stereocenters. The number of hydrazine groups is 3. The predicted octanol–water partition coefficient (Wildman–Crippen LogP) is 1.57. The van der Waals surface area contributed by atoms with E-state index in [0.717, 1.165) is 12.5 Å². The van der Waals surface area contributed by atoms with E-state index in [2.05, 4.69) is 21.5 Å². The molecular weight excluding hydrogens is 200 g/mol. The van der Waals surface area contributed by atoms with Gasteiger partial charge >= 0.3 is 0 Å². The van der Waals surface area contributed by atoms with Gasteiger partial charge in [-0.1, -0.05) is 25.7 Å². The first kappa shape index (κ1) is 12.3. The van der Waals surface area contributed by atoms with Crippen molar-refractivity contribution in [2.24, 2.45) is 5.92 Å². The summed E-state index contributed by atoms with van der Waals surface area (Å²) in [4.78, 5) is 0. The molecule has 0 aromatic rings. The van der Waals surface area contributed by atoms with E-state index in [9.17, 15) is 0 Å². The molecule has 0 aromatic carbocycles. The molecule has 94 valence electrons. The summed E-state index contributed by atoms with van der Waals surface area (Å²) in [6, 6.07) is 0. The van der Waals surface area contributed by atoms with Crippen LogP contribution in [0, 0.1) is 5.92 Å². The Labute approximate surface area is 99.1 Å². The lowest BCUT2D eigenvalue weighted by molar-refractivity contribution is 0.111. The predicted molar refractivity (Wildman–Crippen MR) is 66.3 cm³/mol. The lowest BCUT2D eigenvalue weighted by Crippen LogP contribution is -2.54. The van der Waals surface area contributed by atoms with Crippen LogP contribution in [0.5, 0.6) is 0 Å². The third-order valence-corrected chi connectivity index (χ3v) is 3.81. The van der Waals surface area contributed by atoms with Crippen LogP contribution >= 0.6 is 0 Å². The molecule has 0 aliphatic carbocycles. The molecule has 0 radical (unpaired) electrons. The molecule has 0 spiro atoms.